The van der Waals surface area contributed by atoms with Crippen LogP contribution < -0.4 is 0 Å². The fourth-order valence-electron chi connectivity index (χ4n) is 4.12. The summed E-state index contributed by atoms with van der Waals surface area (Å²) < 4.78 is 57.7. The highest BCUT2D eigenvalue weighted by Crippen LogP contribution is 2.41. The predicted octanol–water partition coefficient (Wildman–Crippen LogP) is 5.21. The molecule has 0 saturated carbocycles. The lowest BCUT2D eigenvalue weighted by atomic mass is 9.84. The van der Waals surface area contributed by atoms with Crippen molar-refractivity contribution >= 4 is 11.9 Å². The molecule has 2 bridgehead atoms. The minimum absolute atomic E-state index is 0.181. The maximum Gasteiger partial charge on any atom is 0.416 e. The Morgan fingerprint density at radius 2 is 1.64 bits per heavy atom. The monoisotopic (exact) mass is 401 g/mol. The number of amides is 1. The molecule has 0 radical (unpaired) electrons. The number of nitrogens with zero attached hydrogens (tertiary/aromatic N) is 1. The van der Waals surface area contributed by atoms with Crippen LogP contribution in [0.3, 0.4) is 0 Å². The SMILES string of the molecule is CC(C)(C)OC(=O)N1C2CCC1CC(C(=O)c1ccc(C(F)(F)F)cc1F)C2. The zero-order valence-corrected chi connectivity index (χ0v) is 16.0. The highest BCUT2D eigenvalue weighted by Gasteiger charge is 2.47. The largest absolute Gasteiger partial charge is 0.444 e. The molecule has 3 rings (SSSR count). The number of ketones is 1. The molecule has 154 valence electrons. The normalized spacial score (nSPS) is 25.0. The molecule has 8 heteroatoms. The molecule has 2 heterocycles. The summed E-state index contributed by atoms with van der Waals surface area (Å²) in [5, 5.41) is 0. The Hall–Kier alpha value is -2.12. The Morgan fingerprint density at radius 3 is 2.11 bits per heavy atom. The number of fused-ring (bicyclic) bond motifs is 2. The number of halogens is 4. The van der Waals surface area contributed by atoms with Crippen molar-refractivity contribution in [1.29, 1.82) is 0 Å². The topological polar surface area (TPSA) is 46.6 Å². The molecule has 4 nitrogen and oxygen atoms in total. The lowest BCUT2D eigenvalue weighted by molar-refractivity contribution is -0.137. The number of rotatable bonds is 2. The van der Waals surface area contributed by atoms with Crippen LogP contribution >= 0.6 is 0 Å². The van der Waals surface area contributed by atoms with Crippen LogP contribution in [0.15, 0.2) is 18.2 Å². The van der Waals surface area contributed by atoms with Crippen molar-refractivity contribution in [2.24, 2.45) is 5.92 Å². The number of benzene rings is 1. The van der Waals surface area contributed by atoms with Crippen LogP contribution in [-0.2, 0) is 10.9 Å². The van der Waals surface area contributed by atoms with Gasteiger partial charge in [0.05, 0.1) is 11.1 Å². The summed E-state index contributed by atoms with van der Waals surface area (Å²) in [6.45, 7) is 5.32. The van der Waals surface area contributed by atoms with Gasteiger partial charge < -0.3 is 9.64 Å². The standard InChI is InChI=1S/C20H23F4NO3/c1-19(2,3)28-18(27)25-13-5-6-14(25)9-11(8-13)17(26)15-7-4-12(10-16(15)21)20(22,23)24/h4,7,10-11,13-14H,5-6,8-9H2,1-3H3. The Bertz CT molecular complexity index is 771. The first-order valence-corrected chi connectivity index (χ1v) is 9.29. The lowest BCUT2D eigenvalue weighted by Gasteiger charge is -2.39. The van der Waals surface area contributed by atoms with Crippen molar-refractivity contribution < 1.29 is 31.9 Å². The summed E-state index contributed by atoms with van der Waals surface area (Å²) in [5.41, 5.74) is -2.09. The summed E-state index contributed by atoms with van der Waals surface area (Å²) >= 11 is 0. The van der Waals surface area contributed by atoms with Gasteiger partial charge in [-0.15, -0.1) is 0 Å². The molecule has 0 aromatic heterocycles. The van der Waals surface area contributed by atoms with E-state index in [9.17, 15) is 27.2 Å². The molecular weight excluding hydrogens is 378 g/mol. The Morgan fingerprint density at radius 1 is 1.07 bits per heavy atom. The van der Waals surface area contributed by atoms with E-state index in [1.807, 2.05) is 0 Å². The molecule has 2 saturated heterocycles. The third-order valence-electron chi connectivity index (χ3n) is 5.27. The Kier molecular flexibility index (Phi) is 5.18. The third-order valence-corrected chi connectivity index (χ3v) is 5.27. The number of carbonyl (C=O) groups is 2. The molecule has 28 heavy (non-hydrogen) atoms. The van der Waals surface area contributed by atoms with Crippen LogP contribution in [0.2, 0.25) is 0 Å². The average molecular weight is 401 g/mol. The molecule has 2 aliphatic heterocycles. The number of hydrogen-bond donors (Lipinski definition) is 0. The van der Waals surface area contributed by atoms with E-state index in [1.165, 1.54) is 0 Å². The summed E-state index contributed by atoms with van der Waals surface area (Å²) in [7, 11) is 0. The van der Waals surface area contributed by atoms with E-state index in [-0.39, 0.29) is 17.6 Å². The molecule has 2 fully saturated rings. The maximum absolute atomic E-state index is 14.2. The van der Waals surface area contributed by atoms with Crippen molar-refractivity contribution in [3.05, 3.63) is 35.1 Å². The van der Waals surface area contributed by atoms with Crippen molar-refractivity contribution in [1.82, 2.24) is 4.90 Å². The van der Waals surface area contributed by atoms with Gasteiger partial charge in [0.25, 0.3) is 0 Å². The van der Waals surface area contributed by atoms with Gasteiger partial charge in [-0.3, -0.25) is 4.79 Å². The molecule has 1 aromatic carbocycles. The van der Waals surface area contributed by atoms with E-state index in [4.69, 9.17) is 4.74 Å². The van der Waals surface area contributed by atoms with Gasteiger partial charge in [0.2, 0.25) is 0 Å². The minimum atomic E-state index is -4.67. The van der Waals surface area contributed by atoms with E-state index in [0.29, 0.717) is 18.9 Å². The van der Waals surface area contributed by atoms with Gasteiger partial charge in [-0.1, -0.05) is 0 Å². The minimum Gasteiger partial charge on any atom is -0.444 e. The van der Waals surface area contributed by atoms with Crippen molar-refractivity contribution in [2.45, 2.75) is 70.3 Å². The second-order valence-corrected chi connectivity index (χ2v) is 8.50. The van der Waals surface area contributed by atoms with Gasteiger partial charge in [-0.25, -0.2) is 9.18 Å². The average Bonchev–Trinajstić information content (AvgIpc) is 2.82. The van der Waals surface area contributed by atoms with Gasteiger partial charge >= 0.3 is 12.3 Å². The van der Waals surface area contributed by atoms with Crippen LogP contribution in [0, 0.1) is 11.7 Å². The fraction of sp³-hybridized carbons (Fsp3) is 0.600. The number of piperidine rings is 1. The van der Waals surface area contributed by atoms with Gasteiger partial charge in [0, 0.05) is 18.0 Å². The zero-order valence-electron chi connectivity index (χ0n) is 16.0. The van der Waals surface area contributed by atoms with Crippen molar-refractivity contribution in [3.8, 4) is 0 Å². The molecule has 2 atom stereocenters. The molecular formula is C20H23F4NO3. The first kappa shape index (κ1) is 20.6. The van der Waals surface area contributed by atoms with Gasteiger partial charge in [0.15, 0.2) is 5.78 Å². The third kappa shape index (κ3) is 4.15. The smallest absolute Gasteiger partial charge is 0.416 e. The fourth-order valence-corrected chi connectivity index (χ4v) is 4.12. The van der Waals surface area contributed by atoms with Crippen LogP contribution in [-0.4, -0.2) is 34.5 Å². The number of carbonyl (C=O) groups excluding carboxylic acids is 2. The van der Waals surface area contributed by atoms with E-state index < -0.39 is 41.0 Å². The molecule has 0 N–H and O–H groups in total. The number of Topliss-reactive ketones (excluding diaryl/α,β-unsaturated/α-hetero) is 1. The number of ether oxygens (including phenoxy) is 1. The Balaban J connectivity index is 1.74. The number of alkyl halides is 3. The highest BCUT2D eigenvalue weighted by atomic mass is 19.4. The van der Waals surface area contributed by atoms with Gasteiger partial charge in [-0.05, 0) is 64.7 Å². The Labute approximate surface area is 160 Å². The molecule has 2 aliphatic rings. The van der Waals surface area contributed by atoms with E-state index in [1.54, 1.807) is 25.7 Å². The lowest BCUT2D eigenvalue weighted by Crippen LogP contribution is -2.49. The quantitative estimate of drug-likeness (QED) is 0.505. The van der Waals surface area contributed by atoms with Gasteiger partial charge in [-0.2, -0.15) is 13.2 Å². The van der Waals surface area contributed by atoms with Gasteiger partial charge in [0.1, 0.15) is 11.4 Å². The summed E-state index contributed by atoms with van der Waals surface area (Å²) in [4.78, 5) is 26.9. The first-order valence-electron chi connectivity index (χ1n) is 9.29. The predicted molar refractivity (Wildman–Crippen MR) is 93.3 cm³/mol. The van der Waals surface area contributed by atoms with Crippen LogP contribution in [0.4, 0.5) is 22.4 Å². The summed E-state index contributed by atoms with van der Waals surface area (Å²) in [6, 6.07) is 1.63. The second kappa shape index (κ2) is 7.04. The van der Waals surface area contributed by atoms with E-state index in [2.05, 4.69) is 0 Å². The molecule has 0 spiro atoms. The molecule has 0 aliphatic carbocycles. The molecule has 2 unspecified atom stereocenters. The number of hydrogen-bond acceptors (Lipinski definition) is 3. The molecule has 1 amide bonds. The summed E-state index contributed by atoms with van der Waals surface area (Å²) in [5.74, 6) is -2.20. The van der Waals surface area contributed by atoms with Crippen molar-refractivity contribution in [3.63, 3.8) is 0 Å². The second-order valence-electron chi connectivity index (χ2n) is 8.50. The molecule has 1 aromatic rings. The maximum atomic E-state index is 14.2. The zero-order chi connectivity index (χ0) is 20.9. The van der Waals surface area contributed by atoms with Crippen molar-refractivity contribution in [2.75, 3.05) is 0 Å². The van der Waals surface area contributed by atoms with E-state index in [0.717, 1.165) is 25.0 Å². The summed E-state index contributed by atoms with van der Waals surface area (Å²) in [6.07, 6.45) is -2.93. The van der Waals surface area contributed by atoms with E-state index >= 15 is 0 Å². The van der Waals surface area contributed by atoms with Crippen LogP contribution in [0.1, 0.15) is 62.4 Å². The first-order chi connectivity index (χ1) is 12.9. The highest BCUT2D eigenvalue weighted by molar-refractivity contribution is 5.98. The van der Waals surface area contributed by atoms with Crippen LogP contribution in [0.5, 0.6) is 0 Å². The van der Waals surface area contributed by atoms with Crippen LogP contribution in [0.25, 0.3) is 0 Å².